The summed E-state index contributed by atoms with van der Waals surface area (Å²) >= 11 is 0. The van der Waals surface area contributed by atoms with Gasteiger partial charge in [0.2, 0.25) is 0 Å². The number of aromatic amines is 1. The van der Waals surface area contributed by atoms with Crippen LogP contribution in [0.15, 0.2) is 42.6 Å². The Labute approximate surface area is 182 Å². The molecule has 1 saturated carbocycles. The predicted octanol–water partition coefficient (Wildman–Crippen LogP) is 3.80. The molecule has 1 fully saturated rings. The number of carbonyl (C=O) groups is 2. The Morgan fingerprint density at radius 1 is 1.10 bits per heavy atom. The summed E-state index contributed by atoms with van der Waals surface area (Å²) in [7, 11) is 0. The summed E-state index contributed by atoms with van der Waals surface area (Å²) in [6.07, 6.45) is 5.63. The molecule has 0 radical (unpaired) electrons. The van der Waals surface area contributed by atoms with Crippen molar-refractivity contribution in [3.8, 4) is 0 Å². The average molecular weight is 420 g/mol. The second kappa shape index (κ2) is 9.29. The van der Waals surface area contributed by atoms with Crippen molar-refractivity contribution >= 4 is 22.7 Å². The fourth-order valence-electron chi connectivity index (χ4n) is 4.31. The molecule has 3 N–H and O–H groups in total. The van der Waals surface area contributed by atoms with Gasteiger partial charge >= 0.3 is 0 Å². The lowest BCUT2D eigenvalue weighted by molar-refractivity contribution is 0.0933. The molecular weight excluding hydrogens is 390 g/mol. The van der Waals surface area contributed by atoms with Crippen molar-refractivity contribution in [1.82, 2.24) is 25.8 Å². The van der Waals surface area contributed by atoms with E-state index >= 15 is 0 Å². The molecule has 31 heavy (non-hydrogen) atoms. The van der Waals surface area contributed by atoms with E-state index < -0.39 is 0 Å². The fraction of sp³-hybridized carbons (Fsp3) is 0.417. The van der Waals surface area contributed by atoms with Crippen molar-refractivity contribution in [2.24, 2.45) is 5.92 Å². The minimum Gasteiger partial charge on any atom is -0.350 e. The summed E-state index contributed by atoms with van der Waals surface area (Å²) in [6.45, 7) is 4.60. The first-order valence-electron chi connectivity index (χ1n) is 11.0. The lowest BCUT2D eigenvalue weighted by atomic mass is 9.80. The number of hydrogen-bond acceptors (Lipinski definition) is 4. The molecule has 7 heteroatoms. The number of nitrogens with zero attached hydrogens (tertiary/aromatic N) is 2. The molecule has 0 aliphatic heterocycles. The summed E-state index contributed by atoms with van der Waals surface area (Å²) in [5.41, 5.74) is 3.04. The minimum atomic E-state index is -0.114. The lowest BCUT2D eigenvalue weighted by Gasteiger charge is -2.28. The van der Waals surface area contributed by atoms with Crippen molar-refractivity contribution in [1.29, 1.82) is 0 Å². The maximum absolute atomic E-state index is 12.8. The number of H-pyrrole nitrogens is 1. The molecule has 0 spiro atoms. The summed E-state index contributed by atoms with van der Waals surface area (Å²) < 4.78 is 0. The Morgan fingerprint density at radius 2 is 1.87 bits per heavy atom. The Hall–Kier alpha value is -3.22. The van der Waals surface area contributed by atoms with E-state index in [1.165, 1.54) is 0 Å². The van der Waals surface area contributed by atoms with Gasteiger partial charge in [-0.3, -0.25) is 19.7 Å². The molecule has 7 nitrogen and oxygen atoms in total. The van der Waals surface area contributed by atoms with Gasteiger partial charge in [-0.15, -0.1) is 0 Å². The van der Waals surface area contributed by atoms with Gasteiger partial charge in [-0.1, -0.05) is 18.2 Å². The number of amides is 2. The monoisotopic (exact) mass is 419 g/mol. The van der Waals surface area contributed by atoms with Crippen LogP contribution in [0.25, 0.3) is 10.9 Å². The van der Waals surface area contributed by atoms with Crippen LogP contribution in [0.1, 0.15) is 72.0 Å². The smallest absolute Gasteiger partial charge is 0.269 e. The molecule has 2 aromatic heterocycles. The molecule has 0 bridgehead atoms. The van der Waals surface area contributed by atoms with Gasteiger partial charge in [-0.25, -0.2) is 0 Å². The van der Waals surface area contributed by atoms with Crippen LogP contribution in [0.2, 0.25) is 0 Å². The zero-order valence-corrected chi connectivity index (χ0v) is 18.0. The van der Waals surface area contributed by atoms with Crippen LogP contribution in [0.3, 0.4) is 0 Å². The van der Waals surface area contributed by atoms with Crippen LogP contribution in [0.4, 0.5) is 0 Å². The molecule has 2 heterocycles. The molecule has 0 saturated heterocycles. The number of aromatic nitrogens is 3. The third kappa shape index (κ3) is 4.93. The summed E-state index contributed by atoms with van der Waals surface area (Å²) in [5.74, 6) is 0.615. The maximum atomic E-state index is 12.8. The molecule has 0 atom stereocenters. The van der Waals surface area contributed by atoms with Crippen LogP contribution in [0.5, 0.6) is 0 Å². The summed E-state index contributed by atoms with van der Waals surface area (Å²) in [5, 5.41) is 13.4. The minimum absolute atomic E-state index is 0.0509. The Morgan fingerprint density at radius 3 is 2.58 bits per heavy atom. The Kier molecular flexibility index (Phi) is 6.30. The molecule has 1 aromatic carbocycles. The summed E-state index contributed by atoms with van der Waals surface area (Å²) in [4.78, 5) is 29.8. The highest BCUT2D eigenvalue weighted by atomic mass is 16.2. The van der Waals surface area contributed by atoms with Gasteiger partial charge in [0.25, 0.3) is 11.8 Å². The third-order valence-corrected chi connectivity index (χ3v) is 5.96. The van der Waals surface area contributed by atoms with Gasteiger partial charge in [0.05, 0.1) is 11.1 Å². The largest absolute Gasteiger partial charge is 0.350 e. The number of benzene rings is 1. The second-order valence-electron chi connectivity index (χ2n) is 8.64. The van der Waals surface area contributed by atoms with Gasteiger partial charge in [-0.2, -0.15) is 5.10 Å². The number of carbonyl (C=O) groups excluding carboxylic acids is 2. The van der Waals surface area contributed by atoms with Gasteiger partial charge in [0.15, 0.2) is 0 Å². The fourth-order valence-corrected chi connectivity index (χ4v) is 4.31. The van der Waals surface area contributed by atoms with E-state index in [4.69, 9.17) is 4.98 Å². The topological polar surface area (TPSA) is 99.8 Å². The van der Waals surface area contributed by atoms with Gasteiger partial charge in [-0.05, 0) is 63.6 Å². The molecule has 2 amide bonds. The molecule has 0 unspecified atom stereocenters. The maximum Gasteiger partial charge on any atom is 0.269 e. The third-order valence-electron chi connectivity index (χ3n) is 5.96. The highest BCUT2D eigenvalue weighted by Gasteiger charge is 2.25. The average Bonchev–Trinajstić information content (AvgIpc) is 3.32. The van der Waals surface area contributed by atoms with E-state index in [0.29, 0.717) is 29.6 Å². The number of hydrogen-bond donors (Lipinski definition) is 3. The van der Waals surface area contributed by atoms with Crippen molar-refractivity contribution < 1.29 is 9.59 Å². The first-order chi connectivity index (χ1) is 15.0. The van der Waals surface area contributed by atoms with Gasteiger partial charge in [0, 0.05) is 35.8 Å². The zero-order valence-electron chi connectivity index (χ0n) is 18.0. The van der Waals surface area contributed by atoms with Crippen LogP contribution < -0.4 is 10.6 Å². The number of fused-ring (bicyclic) bond motifs is 1. The van der Waals surface area contributed by atoms with Crippen molar-refractivity contribution in [3.63, 3.8) is 0 Å². The zero-order chi connectivity index (χ0) is 21.8. The van der Waals surface area contributed by atoms with Gasteiger partial charge < -0.3 is 10.6 Å². The molecule has 4 rings (SSSR count). The lowest BCUT2D eigenvalue weighted by Crippen LogP contribution is -2.31. The van der Waals surface area contributed by atoms with E-state index in [0.717, 1.165) is 42.3 Å². The summed E-state index contributed by atoms with van der Waals surface area (Å²) in [6, 6.07) is 11.6. The Bertz CT molecular complexity index is 1050. The highest BCUT2D eigenvalue weighted by molar-refractivity contribution is 6.06. The normalized spacial score (nSPS) is 18.8. The van der Waals surface area contributed by atoms with E-state index in [2.05, 4.69) is 20.8 Å². The molecule has 3 aromatic rings. The van der Waals surface area contributed by atoms with E-state index in [9.17, 15) is 9.59 Å². The molecule has 1 aliphatic rings. The van der Waals surface area contributed by atoms with Crippen LogP contribution in [-0.2, 0) is 0 Å². The van der Waals surface area contributed by atoms with E-state index in [1.54, 1.807) is 12.3 Å². The SMILES string of the molecule is CC(C)NC(=O)c1cc(C2CCC(CNC(=O)c3ccn[nH]3)CC2)nc2ccccc12. The van der Waals surface area contributed by atoms with Crippen LogP contribution in [-0.4, -0.2) is 39.6 Å². The van der Waals surface area contributed by atoms with Gasteiger partial charge in [0.1, 0.15) is 5.69 Å². The second-order valence-corrected chi connectivity index (χ2v) is 8.64. The molecule has 1 aliphatic carbocycles. The number of nitrogens with one attached hydrogen (secondary N) is 3. The number of rotatable bonds is 6. The Balaban J connectivity index is 1.43. The van der Waals surface area contributed by atoms with E-state index in [-0.39, 0.29) is 17.9 Å². The predicted molar refractivity (Wildman–Crippen MR) is 120 cm³/mol. The quantitative estimate of drug-likeness (QED) is 0.566. The van der Waals surface area contributed by atoms with Crippen molar-refractivity contribution in [3.05, 3.63) is 59.5 Å². The van der Waals surface area contributed by atoms with E-state index in [1.807, 2.05) is 44.2 Å². The first-order valence-corrected chi connectivity index (χ1v) is 11.0. The van der Waals surface area contributed by atoms with Crippen LogP contribution >= 0.6 is 0 Å². The molecular formula is C24H29N5O2. The highest BCUT2D eigenvalue weighted by Crippen LogP contribution is 2.36. The standard InChI is InChI=1S/C24H29N5O2/c1-15(2)27-23(30)19-13-22(28-20-6-4-3-5-18(19)20)17-9-7-16(8-10-17)14-25-24(31)21-11-12-26-29-21/h3-6,11-13,15-17H,7-10,14H2,1-2H3,(H,25,31)(H,26,29)(H,27,30). The van der Waals surface area contributed by atoms with Crippen molar-refractivity contribution in [2.45, 2.75) is 51.5 Å². The van der Waals surface area contributed by atoms with Crippen molar-refractivity contribution in [2.75, 3.05) is 6.54 Å². The number of pyridine rings is 1. The number of para-hydroxylation sites is 1. The molecule has 162 valence electrons. The van der Waals surface area contributed by atoms with Crippen LogP contribution in [0, 0.1) is 5.92 Å². The first kappa shape index (κ1) is 21.0.